The topological polar surface area (TPSA) is 52.3 Å². The number of nitrogens with two attached hydrogens (primary N) is 1. The third kappa shape index (κ3) is 1.47. The van der Waals surface area contributed by atoms with Crippen molar-refractivity contribution in [3.8, 4) is 12.3 Å². The van der Waals surface area contributed by atoms with Gasteiger partial charge in [-0.25, -0.2) is 13.6 Å². The summed E-state index contributed by atoms with van der Waals surface area (Å²) >= 11 is 0. The SMILES string of the molecule is C#CC1(OC(N)=O)CC(F)(F)C1. The van der Waals surface area contributed by atoms with Crippen molar-refractivity contribution in [3.05, 3.63) is 0 Å². The monoisotopic (exact) mass is 175 g/mol. The third-order valence-electron chi connectivity index (χ3n) is 1.65. The molecule has 5 heteroatoms. The van der Waals surface area contributed by atoms with Gasteiger partial charge in [0.2, 0.25) is 0 Å². The summed E-state index contributed by atoms with van der Waals surface area (Å²) in [5.41, 5.74) is 3.17. The Morgan fingerprint density at radius 1 is 1.58 bits per heavy atom. The highest BCUT2D eigenvalue weighted by atomic mass is 19.3. The molecule has 0 spiro atoms. The molecule has 0 atom stereocenters. The zero-order valence-electron chi connectivity index (χ0n) is 6.14. The Kier molecular flexibility index (Phi) is 1.71. The lowest BCUT2D eigenvalue weighted by Gasteiger charge is -2.41. The fourth-order valence-corrected chi connectivity index (χ4v) is 1.18. The molecule has 0 heterocycles. The number of hydrogen-bond donors (Lipinski definition) is 1. The summed E-state index contributed by atoms with van der Waals surface area (Å²) in [7, 11) is 0. The van der Waals surface area contributed by atoms with Crippen molar-refractivity contribution >= 4 is 6.09 Å². The summed E-state index contributed by atoms with van der Waals surface area (Å²) < 4.78 is 29.1. The quantitative estimate of drug-likeness (QED) is 0.601. The van der Waals surface area contributed by atoms with Crippen molar-refractivity contribution in [1.29, 1.82) is 0 Å². The van der Waals surface area contributed by atoms with Crippen molar-refractivity contribution in [2.24, 2.45) is 5.73 Å². The first-order valence-electron chi connectivity index (χ1n) is 3.23. The average molecular weight is 175 g/mol. The summed E-state index contributed by atoms with van der Waals surface area (Å²) in [5.74, 6) is -0.833. The minimum absolute atomic E-state index is 0.639. The lowest BCUT2D eigenvalue weighted by molar-refractivity contribution is -0.175. The van der Waals surface area contributed by atoms with Crippen LogP contribution in [-0.4, -0.2) is 17.6 Å². The molecule has 1 amide bonds. The van der Waals surface area contributed by atoms with Crippen LogP contribution in [0.1, 0.15) is 12.8 Å². The van der Waals surface area contributed by atoms with E-state index in [1.807, 2.05) is 5.92 Å². The predicted octanol–water partition coefficient (Wildman–Crippen LogP) is 0.883. The molecule has 0 aromatic rings. The van der Waals surface area contributed by atoms with Gasteiger partial charge in [0.1, 0.15) is 0 Å². The first kappa shape index (κ1) is 8.78. The van der Waals surface area contributed by atoms with Crippen molar-refractivity contribution in [2.45, 2.75) is 24.4 Å². The first-order valence-corrected chi connectivity index (χ1v) is 3.23. The Morgan fingerprint density at radius 2 is 2.08 bits per heavy atom. The molecule has 0 saturated heterocycles. The summed E-state index contributed by atoms with van der Waals surface area (Å²) in [5, 5.41) is 0. The molecule has 0 bridgehead atoms. The zero-order chi connectivity index (χ0) is 9.41. The molecule has 1 rings (SSSR count). The van der Waals surface area contributed by atoms with Gasteiger partial charge < -0.3 is 10.5 Å². The van der Waals surface area contributed by atoms with Gasteiger partial charge in [0.25, 0.3) is 5.92 Å². The summed E-state index contributed by atoms with van der Waals surface area (Å²) in [6, 6.07) is 0. The van der Waals surface area contributed by atoms with Crippen LogP contribution in [0.5, 0.6) is 0 Å². The van der Waals surface area contributed by atoms with Crippen LogP contribution in [0.15, 0.2) is 0 Å². The van der Waals surface area contributed by atoms with E-state index in [-0.39, 0.29) is 0 Å². The van der Waals surface area contributed by atoms with E-state index in [1.165, 1.54) is 0 Å². The van der Waals surface area contributed by atoms with Gasteiger partial charge in [-0.05, 0) is 0 Å². The Labute approximate surface area is 67.9 Å². The molecular weight excluding hydrogens is 168 g/mol. The highest BCUT2D eigenvalue weighted by Gasteiger charge is 2.58. The summed E-state index contributed by atoms with van der Waals surface area (Å²) in [4.78, 5) is 10.2. The maximum atomic E-state index is 12.3. The van der Waals surface area contributed by atoms with E-state index in [0.717, 1.165) is 0 Å². The fourth-order valence-electron chi connectivity index (χ4n) is 1.18. The number of alkyl halides is 2. The molecule has 12 heavy (non-hydrogen) atoms. The van der Waals surface area contributed by atoms with Crippen LogP contribution in [0.25, 0.3) is 0 Å². The average Bonchev–Trinajstić information content (AvgIpc) is 1.81. The van der Waals surface area contributed by atoms with E-state index in [1.54, 1.807) is 0 Å². The maximum Gasteiger partial charge on any atom is 0.406 e. The molecular formula is C7H7F2NO2. The number of hydrogen-bond acceptors (Lipinski definition) is 2. The molecule has 1 aliphatic carbocycles. The molecule has 0 aliphatic heterocycles. The van der Waals surface area contributed by atoms with Crippen LogP contribution in [0.4, 0.5) is 13.6 Å². The van der Waals surface area contributed by atoms with Gasteiger partial charge in [-0.3, -0.25) is 0 Å². The molecule has 1 fully saturated rings. The smallest absolute Gasteiger partial charge is 0.406 e. The second-order valence-corrected chi connectivity index (χ2v) is 2.77. The predicted molar refractivity (Wildman–Crippen MR) is 36.4 cm³/mol. The number of carbonyl (C=O) groups is 1. The normalized spacial score (nSPS) is 23.4. The number of terminal acetylenes is 1. The minimum Gasteiger partial charge on any atom is -0.429 e. The second-order valence-electron chi connectivity index (χ2n) is 2.77. The van der Waals surface area contributed by atoms with Crippen molar-refractivity contribution in [2.75, 3.05) is 0 Å². The van der Waals surface area contributed by atoms with Gasteiger partial charge in [-0.15, -0.1) is 6.42 Å². The van der Waals surface area contributed by atoms with Crippen molar-refractivity contribution in [1.82, 2.24) is 0 Å². The third-order valence-corrected chi connectivity index (χ3v) is 1.65. The fraction of sp³-hybridized carbons (Fsp3) is 0.571. The number of rotatable bonds is 1. The number of halogens is 2. The van der Waals surface area contributed by atoms with Crippen LogP contribution in [-0.2, 0) is 4.74 Å². The molecule has 3 nitrogen and oxygen atoms in total. The van der Waals surface area contributed by atoms with E-state index in [2.05, 4.69) is 10.5 Å². The highest BCUT2D eigenvalue weighted by molar-refractivity contribution is 5.66. The van der Waals surface area contributed by atoms with Crippen LogP contribution < -0.4 is 5.73 Å². The van der Waals surface area contributed by atoms with Crippen LogP contribution >= 0.6 is 0 Å². The van der Waals surface area contributed by atoms with Gasteiger partial charge >= 0.3 is 6.09 Å². The largest absolute Gasteiger partial charge is 0.429 e. The minimum atomic E-state index is -2.83. The number of carbonyl (C=O) groups excluding carboxylic acids is 1. The molecule has 0 aromatic carbocycles. The van der Waals surface area contributed by atoms with Crippen LogP contribution in [0.3, 0.4) is 0 Å². The first-order chi connectivity index (χ1) is 5.39. The molecule has 0 aromatic heterocycles. The van der Waals surface area contributed by atoms with Crippen molar-refractivity contribution in [3.63, 3.8) is 0 Å². The standard InChI is InChI=1S/C7H7F2NO2/c1-2-6(12-5(10)11)3-7(8,9)4-6/h1H,3-4H2,(H2,10,11). The molecule has 0 radical (unpaired) electrons. The molecule has 0 unspecified atom stereocenters. The van der Waals surface area contributed by atoms with Gasteiger partial charge in [-0.1, -0.05) is 5.92 Å². The maximum absolute atomic E-state index is 12.3. The van der Waals surface area contributed by atoms with Gasteiger partial charge in [-0.2, -0.15) is 0 Å². The van der Waals surface area contributed by atoms with E-state index < -0.39 is 30.5 Å². The van der Waals surface area contributed by atoms with Crippen molar-refractivity contribution < 1.29 is 18.3 Å². The molecule has 2 N–H and O–H groups in total. The molecule has 66 valence electrons. The summed E-state index contributed by atoms with van der Waals surface area (Å²) in [6.07, 6.45) is 2.52. The van der Waals surface area contributed by atoms with Gasteiger partial charge in [0.15, 0.2) is 5.60 Å². The van der Waals surface area contributed by atoms with Crippen LogP contribution in [0, 0.1) is 12.3 Å². The lowest BCUT2D eigenvalue weighted by atomic mass is 9.77. The Bertz CT molecular complexity index is 249. The Morgan fingerprint density at radius 3 is 2.33 bits per heavy atom. The van der Waals surface area contributed by atoms with E-state index in [4.69, 9.17) is 6.42 Å². The van der Waals surface area contributed by atoms with E-state index >= 15 is 0 Å². The highest BCUT2D eigenvalue weighted by Crippen LogP contribution is 2.47. The van der Waals surface area contributed by atoms with Gasteiger partial charge in [0.05, 0.1) is 12.8 Å². The van der Waals surface area contributed by atoms with E-state index in [0.29, 0.717) is 0 Å². The number of amides is 1. The second kappa shape index (κ2) is 2.34. The zero-order valence-corrected chi connectivity index (χ0v) is 6.14. The summed E-state index contributed by atoms with van der Waals surface area (Å²) in [6.45, 7) is 0. The molecule has 1 aliphatic rings. The number of primary amides is 1. The van der Waals surface area contributed by atoms with Crippen LogP contribution in [0.2, 0.25) is 0 Å². The number of ether oxygens (including phenoxy) is 1. The van der Waals surface area contributed by atoms with Gasteiger partial charge in [0, 0.05) is 0 Å². The lowest BCUT2D eigenvalue weighted by Crippen LogP contribution is -2.54. The Balaban J connectivity index is 2.61. The molecule has 1 saturated carbocycles. The Hall–Kier alpha value is -1.31. The van der Waals surface area contributed by atoms with E-state index in [9.17, 15) is 13.6 Å².